The average molecular weight is 386 g/mol. The number of rotatable bonds is 4. The number of amides is 1. The maximum absolute atomic E-state index is 12.6. The number of benzene rings is 1. The molecule has 122 valence electrons. The van der Waals surface area contributed by atoms with Crippen LogP contribution in [0.2, 0.25) is 0 Å². The lowest BCUT2D eigenvalue weighted by atomic mass is 10.1. The number of para-hydroxylation sites is 1. The summed E-state index contributed by atoms with van der Waals surface area (Å²) in [5, 5.41) is 10.0. The van der Waals surface area contributed by atoms with Crippen molar-refractivity contribution >= 4 is 27.5 Å². The van der Waals surface area contributed by atoms with E-state index in [1.807, 2.05) is 38.1 Å². The van der Waals surface area contributed by atoms with Gasteiger partial charge < -0.3 is 5.32 Å². The van der Waals surface area contributed by atoms with E-state index in [1.54, 1.807) is 12.4 Å². The predicted octanol–water partition coefficient (Wildman–Crippen LogP) is 3.75. The number of carbonyl (C=O) groups excluding carboxylic acids is 1. The Morgan fingerprint density at radius 3 is 2.83 bits per heavy atom. The molecule has 2 aromatic heterocycles. The zero-order valence-electron chi connectivity index (χ0n) is 13.3. The van der Waals surface area contributed by atoms with Crippen LogP contribution in [-0.4, -0.2) is 26.1 Å². The third-order valence-electron chi connectivity index (χ3n) is 3.68. The van der Waals surface area contributed by atoms with Crippen molar-refractivity contribution in [2.24, 2.45) is 0 Å². The van der Waals surface area contributed by atoms with Crippen LogP contribution in [0.3, 0.4) is 0 Å². The van der Waals surface area contributed by atoms with Crippen LogP contribution in [0, 0.1) is 6.92 Å². The number of nitrogens with one attached hydrogen (secondary N) is 2. The van der Waals surface area contributed by atoms with Crippen LogP contribution in [0.1, 0.15) is 28.7 Å². The van der Waals surface area contributed by atoms with Crippen molar-refractivity contribution < 1.29 is 4.79 Å². The van der Waals surface area contributed by atoms with Crippen LogP contribution in [0.4, 0.5) is 5.69 Å². The molecule has 0 aliphatic rings. The average Bonchev–Trinajstić information content (AvgIpc) is 3.06. The molecule has 6 nitrogen and oxygen atoms in total. The van der Waals surface area contributed by atoms with Crippen LogP contribution in [0.5, 0.6) is 0 Å². The van der Waals surface area contributed by atoms with Crippen LogP contribution >= 0.6 is 15.9 Å². The highest BCUT2D eigenvalue weighted by molar-refractivity contribution is 9.10. The van der Waals surface area contributed by atoms with E-state index in [2.05, 4.69) is 41.4 Å². The van der Waals surface area contributed by atoms with Gasteiger partial charge in [-0.2, -0.15) is 5.10 Å². The van der Waals surface area contributed by atoms with Crippen molar-refractivity contribution in [3.05, 3.63) is 58.1 Å². The number of halogens is 1. The third kappa shape index (κ3) is 3.21. The van der Waals surface area contributed by atoms with Gasteiger partial charge in [0, 0.05) is 28.9 Å². The maximum Gasteiger partial charge on any atom is 0.257 e. The minimum atomic E-state index is -0.222. The molecule has 0 radical (unpaired) electrons. The number of H-pyrrole nitrogens is 1. The Morgan fingerprint density at radius 2 is 2.08 bits per heavy atom. The first kappa shape index (κ1) is 16.3. The first-order chi connectivity index (χ1) is 11.6. The van der Waals surface area contributed by atoms with E-state index in [0.717, 1.165) is 27.8 Å². The van der Waals surface area contributed by atoms with Gasteiger partial charge >= 0.3 is 0 Å². The number of pyridine rings is 1. The van der Waals surface area contributed by atoms with E-state index in [1.165, 1.54) is 0 Å². The highest BCUT2D eigenvalue weighted by atomic mass is 79.9. The molecule has 0 bridgehead atoms. The standard InChI is InChI=1S/C17H16BrN5O/c1-3-15-21-16(23-22-15)11-6-4-5-7-14(11)20-17(24)12-8-19-9-13(18)10(12)2/h4-9H,3H2,1-2H3,(H,20,24)(H,21,22,23). The summed E-state index contributed by atoms with van der Waals surface area (Å²) in [5.74, 6) is 1.14. The highest BCUT2D eigenvalue weighted by Crippen LogP contribution is 2.26. The van der Waals surface area contributed by atoms with E-state index in [9.17, 15) is 4.79 Å². The summed E-state index contributed by atoms with van der Waals surface area (Å²) in [6.45, 7) is 3.87. The van der Waals surface area contributed by atoms with Crippen molar-refractivity contribution in [1.82, 2.24) is 20.2 Å². The zero-order chi connectivity index (χ0) is 17.1. The van der Waals surface area contributed by atoms with Gasteiger partial charge in [0.25, 0.3) is 5.91 Å². The highest BCUT2D eigenvalue weighted by Gasteiger charge is 2.15. The number of aromatic nitrogens is 4. The molecule has 1 aromatic carbocycles. The Kier molecular flexibility index (Phi) is 4.71. The number of aryl methyl sites for hydroxylation is 1. The van der Waals surface area contributed by atoms with E-state index in [0.29, 0.717) is 17.1 Å². The number of nitrogens with zero attached hydrogens (tertiary/aromatic N) is 3. The number of carbonyl (C=O) groups is 1. The Labute approximate surface area is 147 Å². The second kappa shape index (κ2) is 6.92. The molecular formula is C17H16BrN5O. The smallest absolute Gasteiger partial charge is 0.257 e. The SMILES string of the molecule is CCc1nc(-c2ccccc2NC(=O)c2cncc(Br)c2C)n[nH]1. The molecule has 24 heavy (non-hydrogen) atoms. The lowest BCUT2D eigenvalue weighted by Crippen LogP contribution is -2.14. The molecule has 1 amide bonds. The molecule has 0 unspecified atom stereocenters. The topological polar surface area (TPSA) is 83.6 Å². The lowest BCUT2D eigenvalue weighted by Gasteiger charge is -2.11. The molecule has 0 atom stereocenters. The fraction of sp³-hybridized carbons (Fsp3) is 0.176. The summed E-state index contributed by atoms with van der Waals surface area (Å²) in [5.41, 5.74) is 2.78. The molecule has 0 spiro atoms. The normalized spacial score (nSPS) is 10.6. The molecule has 2 N–H and O–H groups in total. The molecular weight excluding hydrogens is 370 g/mol. The molecule has 0 aliphatic heterocycles. The Bertz CT molecular complexity index is 890. The van der Waals surface area contributed by atoms with Gasteiger partial charge in [-0.25, -0.2) is 4.98 Å². The van der Waals surface area contributed by atoms with Gasteiger partial charge in [0.05, 0.1) is 11.3 Å². The number of hydrogen-bond donors (Lipinski definition) is 2. The summed E-state index contributed by atoms with van der Waals surface area (Å²) in [6, 6.07) is 7.46. The van der Waals surface area contributed by atoms with Gasteiger partial charge in [0.2, 0.25) is 0 Å². The van der Waals surface area contributed by atoms with E-state index in [-0.39, 0.29) is 5.91 Å². The van der Waals surface area contributed by atoms with Crippen LogP contribution in [0.25, 0.3) is 11.4 Å². The van der Waals surface area contributed by atoms with Crippen molar-refractivity contribution in [2.45, 2.75) is 20.3 Å². The number of aromatic amines is 1. The minimum Gasteiger partial charge on any atom is -0.321 e. The largest absolute Gasteiger partial charge is 0.321 e. The lowest BCUT2D eigenvalue weighted by molar-refractivity contribution is 0.102. The summed E-state index contributed by atoms with van der Waals surface area (Å²) in [4.78, 5) is 21.1. The molecule has 0 aliphatic carbocycles. The van der Waals surface area contributed by atoms with Gasteiger partial charge in [-0.3, -0.25) is 14.9 Å². The van der Waals surface area contributed by atoms with Gasteiger partial charge in [0.15, 0.2) is 5.82 Å². The summed E-state index contributed by atoms with van der Waals surface area (Å²) < 4.78 is 0.796. The summed E-state index contributed by atoms with van der Waals surface area (Å²) in [6.07, 6.45) is 3.99. The molecule has 2 heterocycles. The van der Waals surface area contributed by atoms with Crippen LogP contribution in [-0.2, 0) is 6.42 Å². The zero-order valence-corrected chi connectivity index (χ0v) is 14.9. The van der Waals surface area contributed by atoms with Gasteiger partial charge in [-0.15, -0.1) is 0 Å². The van der Waals surface area contributed by atoms with Gasteiger partial charge in [-0.1, -0.05) is 19.1 Å². The van der Waals surface area contributed by atoms with Gasteiger partial charge in [-0.05, 0) is 40.5 Å². The first-order valence-corrected chi connectivity index (χ1v) is 8.31. The van der Waals surface area contributed by atoms with Crippen molar-refractivity contribution in [3.8, 4) is 11.4 Å². The van der Waals surface area contributed by atoms with E-state index < -0.39 is 0 Å². The third-order valence-corrected chi connectivity index (χ3v) is 4.48. The minimum absolute atomic E-state index is 0.222. The molecule has 3 aromatic rings. The van der Waals surface area contributed by atoms with Crippen LogP contribution < -0.4 is 5.32 Å². The Morgan fingerprint density at radius 1 is 1.29 bits per heavy atom. The summed E-state index contributed by atoms with van der Waals surface area (Å²) in [7, 11) is 0. The van der Waals surface area contributed by atoms with E-state index in [4.69, 9.17) is 0 Å². The molecule has 0 saturated carbocycles. The fourth-order valence-electron chi connectivity index (χ4n) is 2.28. The molecule has 7 heteroatoms. The second-order valence-electron chi connectivity index (χ2n) is 5.25. The second-order valence-corrected chi connectivity index (χ2v) is 6.11. The summed E-state index contributed by atoms with van der Waals surface area (Å²) >= 11 is 3.40. The fourth-order valence-corrected chi connectivity index (χ4v) is 2.61. The molecule has 0 fully saturated rings. The first-order valence-electron chi connectivity index (χ1n) is 7.52. The quantitative estimate of drug-likeness (QED) is 0.715. The maximum atomic E-state index is 12.6. The van der Waals surface area contributed by atoms with Crippen molar-refractivity contribution in [3.63, 3.8) is 0 Å². The predicted molar refractivity (Wildman–Crippen MR) is 95.8 cm³/mol. The van der Waals surface area contributed by atoms with E-state index >= 15 is 0 Å². The van der Waals surface area contributed by atoms with Crippen LogP contribution in [0.15, 0.2) is 41.1 Å². The monoisotopic (exact) mass is 385 g/mol. The Hall–Kier alpha value is -2.54. The van der Waals surface area contributed by atoms with Crippen molar-refractivity contribution in [1.29, 1.82) is 0 Å². The van der Waals surface area contributed by atoms with Gasteiger partial charge in [0.1, 0.15) is 5.82 Å². The Balaban J connectivity index is 1.93. The molecule has 0 saturated heterocycles. The van der Waals surface area contributed by atoms with Crippen molar-refractivity contribution in [2.75, 3.05) is 5.32 Å². The molecule has 3 rings (SSSR count). The number of anilines is 1. The number of hydrogen-bond acceptors (Lipinski definition) is 4.